The van der Waals surface area contributed by atoms with Crippen LogP contribution < -0.4 is 20.5 Å². The predicted octanol–water partition coefficient (Wildman–Crippen LogP) is 3.97. The molecular formula is C26H32F3N3O4. The van der Waals surface area contributed by atoms with Crippen molar-refractivity contribution in [3.05, 3.63) is 59.3 Å². The Morgan fingerprint density at radius 2 is 1.86 bits per heavy atom. The van der Waals surface area contributed by atoms with Crippen LogP contribution in [0.4, 0.5) is 13.2 Å². The largest absolute Gasteiger partial charge is 0.488 e. The maximum absolute atomic E-state index is 12.5. The first-order chi connectivity index (χ1) is 17.1. The van der Waals surface area contributed by atoms with Crippen molar-refractivity contribution in [2.24, 2.45) is 5.73 Å². The van der Waals surface area contributed by atoms with Crippen molar-refractivity contribution >= 4 is 16.8 Å². The number of nitrogens with zero attached hydrogens (tertiary/aromatic N) is 1. The standard InChI is InChI=1S/C26H32F3N3O4/c1-17(31-8-11-35-22-6-3-4-7-23(22)36-16-26(27,28)29)12-19-14-20-13-18(2)32(9-5-10-33)24(20)21(15-19)25(30)34/h3-4,6-7,13-15,17,31,33H,5,8-12,16H2,1-2H3,(H2,30,34)/t17-/m1/s1. The molecule has 1 heterocycles. The van der Waals surface area contributed by atoms with Gasteiger partial charge in [-0.3, -0.25) is 4.79 Å². The summed E-state index contributed by atoms with van der Waals surface area (Å²) in [6.07, 6.45) is -3.23. The molecule has 0 fully saturated rings. The smallest absolute Gasteiger partial charge is 0.422 e. The van der Waals surface area contributed by atoms with E-state index in [1.165, 1.54) is 6.07 Å². The molecule has 196 valence electrons. The Labute approximate surface area is 208 Å². The number of hydrogen-bond donors (Lipinski definition) is 3. The van der Waals surface area contributed by atoms with Gasteiger partial charge in [0.2, 0.25) is 0 Å². The molecule has 3 rings (SSSR count). The van der Waals surface area contributed by atoms with E-state index in [0.29, 0.717) is 31.5 Å². The number of primary amides is 1. The Hall–Kier alpha value is -3.24. The van der Waals surface area contributed by atoms with Crippen LogP contribution in [0, 0.1) is 6.92 Å². The first-order valence-corrected chi connectivity index (χ1v) is 11.8. The Balaban J connectivity index is 1.60. The van der Waals surface area contributed by atoms with E-state index in [2.05, 4.69) is 5.32 Å². The monoisotopic (exact) mass is 507 g/mol. The van der Waals surface area contributed by atoms with E-state index in [4.69, 9.17) is 15.2 Å². The normalized spacial score (nSPS) is 12.6. The molecule has 0 spiro atoms. The van der Waals surface area contributed by atoms with Gasteiger partial charge in [-0.15, -0.1) is 0 Å². The highest BCUT2D eigenvalue weighted by Gasteiger charge is 2.29. The number of benzene rings is 2. The molecule has 0 unspecified atom stereocenters. The summed E-state index contributed by atoms with van der Waals surface area (Å²) < 4.78 is 49.8. The van der Waals surface area contributed by atoms with Crippen molar-refractivity contribution < 1.29 is 32.5 Å². The van der Waals surface area contributed by atoms with E-state index < -0.39 is 18.7 Å². The van der Waals surface area contributed by atoms with Gasteiger partial charge < -0.3 is 30.2 Å². The molecule has 10 heteroatoms. The molecule has 0 bridgehead atoms. The lowest BCUT2D eigenvalue weighted by atomic mass is 10.0. The summed E-state index contributed by atoms with van der Waals surface area (Å²) in [5, 5.41) is 13.4. The molecule has 4 N–H and O–H groups in total. The Morgan fingerprint density at radius 3 is 2.50 bits per heavy atom. The zero-order valence-electron chi connectivity index (χ0n) is 20.4. The van der Waals surface area contributed by atoms with E-state index in [0.717, 1.165) is 22.2 Å². The van der Waals surface area contributed by atoms with Gasteiger partial charge in [0.05, 0.1) is 11.1 Å². The van der Waals surface area contributed by atoms with Gasteiger partial charge in [-0.2, -0.15) is 13.2 Å². The highest BCUT2D eigenvalue weighted by molar-refractivity contribution is 6.05. The van der Waals surface area contributed by atoms with Crippen LogP contribution in [0.25, 0.3) is 10.9 Å². The number of aryl methyl sites for hydroxylation is 2. The summed E-state index contributed by atoms with van der Waals surface area (Å²) >= 11 is 0. The average molecular weight is 508 g/mol. The van der Waals surface area contributed by atoms with Crippen molar-refractivity contribution in [3.63, 3.8) is 0 Å². The van der Waals surface area contributed by atoms with E-state index in [1.807, 2.05) is 36.6 Å². The van der Waals surface area contributed by atoms with Gasteiger partial charge in [-0.05, 0) is 62.6 Å². The summed E-state index contributed by atoms with van der Waals surface area (Å²) in [5.41, 5.74) is 8.84. The number of para-hydroxylation sites is 2. The molecule has 0 radical (unpaired) electrons. The lowest BCUT2D eigenvalue weighted by molar-refractivity contribution is -0.153. The summed E-state index contributed by atoms with van der Waals surface area (Å²) in [7, 11) is 0. The number of aliphatic hydroxyl groups is 1. The maximum atomic E-state index is 12.5. The van der Waals surface area contributed by atoms with Crippen LogP contribution in [-0.4, -0.2) is 54.2 Å². The second-order valence-corrected chi connectivity index (χ2v) is 8.72. The number of rotatable bonds is 13. The minimum absolute atomic E-state index is 0.0288. The molecule has 3 aromatic rings. The van der Waals surface area contributed by atoms with Gasteiger partial charge in [0.25, 0.3) is 5.91 Å². The number of carbonyl (C=O) groups excluding carboxylic acids is 1. The minimum Gasteiger partial charge on any atom is -0.488 e. The average Bonchev–Trinajstić information content (AvgIpc) is 3.13. The van der Waals surface area contributed by atoms with E-state index in [1.54, 1.807) is 18.2 Å². The number of aliphatic hydroxyl groups excluding tert-OH is 1. The SMILES string of the molecule is Cc1cc2cc(C[C@@H](C)NCCOc3ccccc3OCC(F)(F)F)cc(C(N)=O)c2n1CCCO. The second kappa shape index (κ2) is 12.1. The number of nitrogens with one attached hydrogen (secondary N) is 1. The maximum Gasteiger partial charge on any atom is 0.422 e. The summed E-state index contributed by atoms with van der Waals surface area (Å²) in [5.74, 6) is -0.226. The lowest BCUT2D eigenvalue weighted by Crippen LogP contribution is -2.32. The molecule has 0 saturated heterocycles. The molecule has 1 aromatic heterocycles. The van der Waals surface area contributed by atoms with Crippen molar-refractivity contribution in [2.75, 3.05) is 26.4 Å². The zero-order chi connectivity index (χ0) is 26.3. The third-order valence-electron chi connectivity index (χ3n) is 5.70. The molecule has 7 nitrogen and oxygen atoms in total. The molecule has 0 saturated carbocycles. The van der Waals surface area contributed by atoms with Crippen LogP contribution in [0.5, 0.6) is 11.5 Å². The first-order valence-electron chi connectivity index (χ1n) is 11.8. The molecule has 36 heavy (non-hydrogen) atoms. The summed E-state index contributed by atoms with van der Waals surface area (Å²) in [6.45, 7) is 3.90. The van der Waals surface area contributed by atoms with Crippen molar-refractivity contribution in [1.82, 2.24) is 9.88 Å². The van der Waals surface area contributed by atoms with Crippen molar-refractivity contribution in [3.8, 4) is 11.5 Å². The van der Waals surface area contributed by atoms with E-state index in [9.17, 15) is 23.1 Å². The van der Waals surface area contributed by atoms with Crippen molar-refractivity contribution in [2.45, 2.75) is 45.5 Å². The number of carbonyl (C=O) groups is 1. The number of nitrogens with two attached hydrogens (primary N) is 1. The van der Waals surface area contributed by atoms with Crippen LogP contribution >= 0.6 is 0 Å². The van der Waals surface area contributed by atoms with Crippen LogP contribution in [-0.2, 0) is 13.0 Å². The molecule has 1 atom stereocenters. The number of halogens is 3. The lowest BCUT2D eigenvalue weighted by Gasteiger charge is -2.17. The third kappa shape index (κ3) is 7.38. The zero-order valence-corrected chi connectivity index (χ0v) is 20.4. The van der Waals surface area contributed by atoms with Gasteiger partial charge in [0.15, 0.2) is 18.1 Å². The quantitative estimate of drug-likeness (QED) is 0.304. The third-order valence-corrected chi connectivity index (χ3v) is 5.70. The fraction of sp³-hybridized carbons (Fsp3) is 0.423. The minimum atomic E-state index is -4.43. The Kier molecular flexibility index (Phi) is 9.22. The molecule has 2 aromatic carbocycles. The fourth-order valence-electron chi connectivity index (χ4n) is 4.17. The number of amides is 1. The highest BCUT2D eigenvalue weighted by Crippen LogP contribution is 2.29. The van der Waals surface area contributed by atoms with Gasteiger partial charge in [0.1, 0.15) is 6.61 Å². The number of aromatic nitrogens is 1. The number of alkyl halides is 3. The van der Waals surface area contributed by atoms with Crippen LogP contribution in [0.15, 0.2) is 42.5 Å². The number of fused-ring (bicyclic) bond motifs is 1. The Bertz CT molecular complexity index is 1180. The van der Waals surface area contributed by atoms with Crippen LogP contribution in [0.1, 0.15) is 35.0 Å². The molecule has 0 aliphatic heterocycles. The fourth-order valence-corrected chi connectivity index (χ4v) is 4.17. The highest BCUT2D eigenvalue weighted by atomic mass is 19.4. The van der Waals surface area contributed by atoms with Gasteiger partial charge in [0, 0.05) is 36.8 Å². The van der Waals surface area contributed by atoms with Crippen molar-refractivity contribution in [1.29, 1.82) is 0 Å². The van der Waals surface area contributed by atoms with Gasteiger partial charge in [-0.1, -0.05) is 12.1 Å². The molecular weight excluding hydrogens is 475 g/mol. The van der Waals surface area contributed by atoms with E-state index >= 15 is 0 Å². The molecule has 1 amide bonds. The van der Waals surface area contributed by atoms with E-state index in [-0.39, 0.29) is 30.8 Å². The number of ether oxygens (including phenoxy) is 2. The van der Waals surface area contributed by atoms with Gasteiger partial charge in [-0.25, -0.2) is 0 Å². The first kappa shape index (κ1) is 27.3. The topological polar surface area (TPSA) is 98.7 Å². The van der Waals surface area contributed by atoms with Crippen LogP contribution in [0.3, 0.4) is 0 Å². The summed E-state index contributed by atoms with van der Waals surface area (Å²) in [4.78, 5) is 12.2. The summed E-state index contributed by atoms with van der Waals surface area (Å²) in [6, 6.07) is 12.1. The second-order valence-electron chi connectivity index (χ2n) is 8.72. The number of hydrogen-bond acceptors (Lipinski definition) is 5. The predicted molar refractivity (Wildman–Crippen MR) is 132 cm³/mol. The molecule has 0 aliphatic carbocycles. The Morgan fingerprint density at radius 1 is 1.17 bits per heavy atom. The van der Waals surface area contributed by atoms with Gasteiger partial charge >= 0.3 is 6.18 Å². The van der Waals surface area contributed by atoms with Crippen LogP contribution in [0.2, 0.25) is 0 Å². The molecule has 0 aliphatic rings.